The second kappa shape index (κ2) is 5.19. The molecule has 4 heteroatoms. The van der Waals surface area contributed by atoms with Crippen LogP contribution in [0.2, 0.25) is 0 Å². The molecule has 0 aromatic carbocycles. The average Bonchev–Trinajstić information content (AvgIpc) is 2.73. The lowest BCUT2D eigenvalue weighted by Crippen LogP contribution is -2.10. The highest BCUT2D eigenvalue weighted by Crippen LogP contribution is 2.22. The summed E-state index contributed by atoms with van der Waals surface area (Å²) in [5, 5.41) is 3.17. The molecule has 2 aromatic heterocycles. The molecule has 0 spiro atoms. The molecule has 0 amide bonds. The number of rotatable bonds is 5. The maximum atomic E-state index is 5.19. The summed E-state index contributed by atoms with van der Waals surface area (Å²) in [4.78, 5) is 4.54. The lowest BCUT2D eigenvalue weighted by molar-refractivity contribution is 0.399. The lowest BCUT2D eigenvalue weighted by Gasteiger charge is -2.02. The van der Waals surface area contributed by atoms with Gasteiger partial charge >= 0.3 is 0 Å². The summed E-state index contributed by atoms with van der Waals surface area (Å²) in [6.45, 7) is 4.07. The summed E-state index contributed by atoms with van der Waals surface area (Å²) in [5.41, 5.74) is 3.51. The zero-order valence-electron chi connectivity index (χ0n) is 10.7. The predicted molar refractivity (Wildman–Crippen MR) is 69.6 cm³/mol. The van der Waals surface area contributed by atoms with Crippen molar-refractivity contribution in [2.24, 2.45) is 0 Å². The van der Waals surface area contributed by atoms with Crippen molar-refractivity contribution in [3.05, 3.63) is 23.9 Å². The van der Waals surface area contributed by atoms with Crippen molar-refractivity contribution in [3.8, 4) is 5.88 Å². The van der Waals surface area contributed by atoms with Crippen LogP contribution in [0.1, 0.15) is 12.5 Å². The standard InChI is InChI=1S/C13H19N3O/c1-4-16-9-10(7-8-14-2)13-11(16)5-6-12(15-13)17-3/h5-6,9,14H,4,7-8H2,1-3H3. The van der Waals surface area contributed by atoms with E-state index in [1.165, 1.54) is 11.1 Å². The van der Waals surface area contributed by atoms with Crippen LogP contribution in [-0.4, -0.2) is 30.3 Å². The van der Waals surface area contributed by atoms with Gasteiger partial charge in [0.2, 0.25) is 5.88 Å². The number of methoxy groups -OCH3 is 1. The number of nitrogens with one attached hydrogen (secondary N) is 1. The first-order chi connectivity index (χ1) is 8.30. The van der Waals surface area contributed by atoms with Crippen molar-refractivity contribution in [2.75, 3.05) is 20.7 Å². The minimum absolute atomic E-state index is 0.678. The largest absolute Gasteiger partial charge is 0.481 e. The third-order valence-electron chi connectivity index (χ3n) is 2.97. The Morgan fingerprint density at radius 2 is 2.24 bits per heavy atom. The van der Waals surface area contributed by atoms with Gasteiger partial charge in [0.15, 0.2) is 0 Å². The van der Waals surface area contributed by atoms with E-state index in [4.69, 9.17) is 4.74 Å². The Labute approximate surface area is 102 Å². The van der Waals surface area contributed by atoms with E-state index in [0.29, 0.717) is 5.88 Å². The van der Waals surface area contributed by atoms with Gasteiger partial charge < -0.3 is 14.6 Å². The van der Waals surface area contributed by atoms with E-state index in [2.05, 4.69) is 34.1 Å². The van der Waals surface area contributed by atoms with Gasteiger partial charge in [-0.25, -0.2) is 4.98 Å². The van der Waals surface area contributed by atoms with Crippen molar-refractivity contribution in [1.29, 1.82) is 0 Å². The van der Waals surface area contributed by atoms with Crippen LogP contribution in [-0.2, 0) is 13.0 Å². The monoisotopic (exact) mass is 233 g/mol. The normalized spacial score (nSPS) is 11.0. The Kier molecular flexibility index (Phi) is 3.64. The highest BCUT2D eigenvalue weighted by atomic mass is 16.5. The maximum absolute atomic E-state index is 5.19. The van der Waals surface area contributed by atoms with E-state index >= 15 is 0 Å². The highest BCUT2D eigenvalue weighted by molar-refractivity contribution is 5.80. The molecule has 0 aliphatic heterocycles. The fraction of sp³-hybridized carbons (Fsp3) is 0.462. The first kappa shape index (κ1) is 11.9. The second-order valence-corrected chi connectivity index (χ2v) is 4.02. The summed E-state index contributed by atoms with van der Waals surface area (Å²) in [6.07, 6.45) is 3.18. The number of ether oxygens (including phenoxy) is 1. The molecule has 2 aromatic rings. The molecule has 0 bridgehead atoms. The van der Waals surface area contributed by atoms with Crippen molar-refractivity contribution in [2.45, 2.75) is 19.9 Å². The molecule has 0 saturated heterocycles. The predicted octanol–water partition coefficient (Wildman–Crippen LogP) is 1.83. The Balaban J connectivity index is 2.49. The quantitative estimate of drug-likeness (QED) is 0.856. The molecule has 0 aliphatic carbocycles. The molecule has 17 heavy (non-hydrogen) atoms. The summed E-state index contributed by atoms with van der Waals surface area (Å²) < 4.78 is 7.42. The summed E-state index contributed by atoms with van der Waals surface area (Å²) in [5.74, 6) is 0.678. The molecule has 0 unspecified atom stereocenters. The first-order valence-corrected chi connectivity index (χ1v) is 5.97. The van der Waals surface area contributed by atoms with E-state index < -0.39 is 0 Å². The summed E-state index contributed by atoms with van der Waals surface area (Å²) >= 11 is 0. The van der Waals surface area contributed by atoms with Gasteiger partial charge in [0.25, 0.3) is 0 Å². The SMILES string of the molecule is CCn1cc(CCNC)c2nc(OC)ccc21. The minimum Gasteiger partial charge on any atom is -0.481 e. The molecular formula is C13H19N3O. The maximum Gasteiger partial charge on any atom is 0.213 e. The molecule has 4 nitrogen and oxygen atoms in total. The van der Waals surface area contributed by atoms with Gasteiger partial charge in [-0.15, -0.1) is 0 Å². The van der Waals surface area contributed by atoms with E-state index in [-0.39, 0.29) is 0 Å². The van der Waals surface area contributed by atoms with Gasteiger partial charge in [0.05, 0.1) is 18.1 Å². The summed E-state index contributed by atoms with van der Waals surface area (Å²) in [6, 6.07) is 3.99. The Morgan fingerprint density at radius 3 is 2.88 bits per heavy atom. The van der Waals surface area contributed by atoms with Crippen LogP contribution in [0.25, 0.3) is 11.0 Å². The molecule has 0 atom stereocenters. The molecule has 0 radical (unpaired) electrons. The fourth-order valence-electron chi connectivity index (χ4n) is 2.04. The Morgan fingerprint density at radius 1 is 1.41 bits per heavy atom. The van der Waals surface area contributed by atoms with Crippen molar-refractivity contribution in [3.63, 3.8) is 0 Å². The lowest BCUT2D eigenvalue weighted by atomic mass is 10.2. The van der Waals surface area contributed by atoms with Crippen LogP contribution < -0.4 is 10.1 Å². The Bertz CT molecular complexity index is 505. The number of fused-ring (bicyclic) bond motifs is 1. The highest BCUT2D eigenvalue weighted by Gasteiger charge is 2.09. The molecule has 0 saturated carbocycles. The van der Waals surface area contributed by atoms with Gasteiger partial charge in [0, 0.05) is 18.8 Å². The topological polar surface area (TPSA) is 39.1 Å². The van der Waals surface area contributed by atoms with Gasteiger partial charge in [-0.1, -0.05) is 0 Å². The van der Waals surface area contributed by atoms with Crippen LogP contribution in [0.4, 0.5) is 0 Å². The van der Waals surface area contributed by atoms with Gasteiger partial charge in [0.1, 0.15) is 0 Å². The first-order valence-electron chi connectivity index (χ1n) is 5.97. The van der Waals surface area contributed by atoms with Gasteiger partial charge in [-0.3, -0.25) is 0 Å². The molecule has 92 valence electrons. The summed E-state index contributed by atoms with van der Waals surface area (Å²) in [7, 11) is 3.62. The molecule has 2 heterocycles. The van der Waals surface area contributed by atoms with Crippen LogP contribution in [0.3, 0.4) is 0 Å². The molecular weight excluding hydrogens is 214 g/mol. The van der Waals surface area contributed by atoms with Crippen LogP contribution >= 0.6 is 0 Å². The number of likely N-dealkylation sites (N-methyl/N-ethyl adjacent to an activating group) is 1. The third-order valence-corrected chi connectivity index (χ3v) is 2.97. The molecule has 0 aliphatic rings. The van der Waals surface area contributed by atoms with E-state index in [0.717, 1.165) is 25.0 Å². The smallest absolute Gasteiger partial charge is 0.213 e. The van der Waals surface area contributed by atoms with Crippen molar-refractivity contribution in [1.82, 2.24) is 14.9 Å². The number of aromatic nitrogens is 2. The number of aryl methyl sites for hydroxylation is 1. The van der Waals surface area contributed by atoms with Crippen molar-refractivity contribution >= 4 is 11.0 Å². The second-order valence-electron chi connectivity index (χ2n) is 4.02. The van der Waals surface area contributed by atoms with Crippen molar-refractivity contribution < 1.29 is 4.74 Å². The molecule has 1 N–H and O–H groups in total. The number of nitrogens with zero attached hydrogens (tertiary/aromatic N) is 2. The third kappa shape index (κ3) is 2.26. The molecule has 0 fully saturated rings. The average molecular weight is 233 g/mol. The van der Waals surface area contributed by atoms with Crippen LogP contribution in [0.15, 0.2) is 18.3 Å². The van der Waals surface area contributed by atoms with Gasteiger partial charge in [-0.05, 0) is 38.6 Å². The Hall–Kier alpha value is -1.55. The van der Waals surface area contributed by atoms with Crippen LogP contribution in [0, 0.1) is 0 Å². The van der Waals surface area contributed by atoms with E-state index in [9.17, 15) is 0 Å². The number of hydrogen-bond acceptors (Lipinski definition) is 3. The van der Waals surface area contributed by atoms with E-state index in [1.54, 1.807) is 7.11 Å². The zero-order valence-corrected chi connectivity index (χ0v) is 10.7. The molecule has 2 rings (SSSR count). The van der Waals surface area contributed by atoms with Crippen LogP contribution in [0.5, 0.6) is 5.88 Å². The zero-order chi connectivity index (χ0) is 12.3. The van der Waals surface area contributed by atoms with E-state index in [1.807, 2.05) is 13.1 Å². The fourth-order valence-corrected chi connectivity index (χ4v) is 2.04. The minimum atomic E-state index is 0.678. The number of pyridine rings is 1. The van der Waals surface area contributed by atoms with Gasteiger partial charge in [-0.2, -0.15) is 0 Å². The number of hydrogen-bond donors (Lipinski definition) is 1.